The predicted octanol–water partition coefficient (Wildman–Crippen LogP) is 4.08. The zero-order valence-electron chi connectivity index (χ0n) is 10.5. The van der Waals surface area contributed by atoms with Crippen LogP contribution in [0.4, 0.5) is 5.69 Å². The van der Waals surface area contributed by atoms with Crippen molar-refractivity contribution in [3.05, 3.63) is 57.3 Å². The molecule has 1 aromatic heterocycles. The fourth-order valence-electron chi connectivity index (χ4n) is 1.80. The van der Waals surface area contributed by atoms with E-state index in [2.05, 4.69) is 20.9 Å². The van der Waals surface area contributed by atoms with Crippen LogP contribution in [-0.4, -0.2) is 17.9 Å². The summed E-state index contributed by atoms with van der Waals surface area (Å²) >= 11 is 9.12. The minimum atomic E-state index is -0.116. The molecule has 1 aromatic carbocycles. The van der Waals surface area contributed by atoms with E-state index in [-0.39, 0.29) is 5.91 Å². The standard InChI is InChI=1S/C14H12BrClN2O/c1-9-7-11(15)4-5-12(9)18(2)14(19)10-3-6-13(16)17-8-10/h3-8H,1-2H3. The summed E-state index contributed by atoms with van der Waals surface area (Å²) in [4.78, 5) is 17.9. The van der Waals surface area contributed by atoms with Crippen molar-refractivity contribution in [2.45, 2.75) is 6.92 Å². The van der Waals surface area contributed by atoms with Crippen molar-refractivity contribution in [3.63, 3.8) is 0 Å². The molecule has 98 valence electrons. The van der Waals surface area contributed by atoms with Crippen LogP contribution >= 0.6 is 27.5 Å². The summed E-state index contributed by atoms with van der Waals surface area (Å²) in [5.74, 6) is -0.116. The van der Waals surface area contributed by atoms with Crippen LogP contribution in [0.3, 0.4) is 0 Å². The molecular weight excluding hydrogens is 328 g/mol. The molecule has 0 aliphatic heterocycles. The molecule has 2 rings (SSSR count). The quantitative estimate of drug-likeness (QED) is 0.772. The molecule has 0 N–H and O–H groups in total. The monoisotopic (exact) mass is 338 g/mol. The van der Waals surface area contributed by atoms with Crippen molar-refractivity contribution >= 4 is 39.1 Å². The minimum Gasteiger partial charge on any atom is -0.311 e. The average Bonchev–Trinajstić information content (AvgIpc) is 2.38. The zero-order valence-corrected chi connectivity index (χ0v) is 12.9. The van der Waals surface area contributed by atoms with E-state index in [9.17, 15) is 4.79 Å². The van der Waals surface area contributed by atoms with Gasteiger partial charge in [0.1, 0.15) is 5.15 Å². The lowest BCUT2D eigenvalue weighted by Crippen LogP contribution is -2.27. The summed E-state index contributed by atoms with van der Waals surface area (Å²) < 4.78 is 0.989. The number of anilines is 1. The highest BCUT2D eigenvalue weighted by Gasteiger charge is 2.15. The average molecular weight is 340 g/mol. The number of aryl methyl sites for hydroxylation is 1. The highest BCUT2D eigenvalue weighted by Crippen LogP contribution is 2.24. The lowest BCUT2D eigenvalue weighted by Gasteiger charge is -2.19. The maximum atomic E-state index is 12.3. The Hall–Kier alpha value is -1.39. The Kier molecular flexibility index (Phi) is 4.22. The van der Waals surface area contributed by atoms with Gasteiger partial charge in [0.05, 0.1) is 5.56 Å². The molecule has 0 bridgehead atoms. The fourth-order valence-corrected chi connectivity index (χ4v) is 2.39. The normalized spacial score (nSPS) is 10.3. The van der Waals surface area contributed by atoms with Gasteiger partial charge in [0.2, 0.25) is 0 Å². The summed E-state index contributed by atoms with van der Waals surface area (Å²) in [5.41, 5.74) is 2.39. The van der Waals surface area contributed by atoms with E-state index in [1.165, 1.54) is 6.20 Å². The first kappa shape index (κ1) is 14.0. The molecule has 1 amide bonds. The first-order chi connectivity index (χ1) is 8.99. The topological polar surface area (TPSA) is 33.2 Å². The number of hydrogen-bond donors (Lipinski definition) is 0. The SMILES string of the molecule is Cc1cc(Br)ccc1N(C)C(=O)c1ccc(Cl)nc1. The number of carbonyl (C=O) groups is 1. The second-order valence-electron chi connectivity index (χ2n) is 4.16. The van der Waals surface area contributed by atoms with Crippen molar-refractivity contribution in [2.75, 3.05) is 11.9 Å². The third-order valence-corrected chi connectivity index (χ3v) is 3.52. The summed E-state index contributed by atoms with van der Waals surface area (Å²) in [6.07, 6.45) is 1.48. The van der Waals surface area contributed by atoms with Crippen molar-refractivity contribution in [2.24, 2.45) is 0 Å². The van der Waals surface area contributed by atoms with E-state index in [0.717, 1.165) is 15.7 Å². The third-order valence-electron chi connectivity index (χ3n) is 2.80. The zero-order chi connectivity index (χ0) is 14.0. The maximum Gasteiger partial charge on any atom is 0.259 e. The molecule has 0 aliphatic carbocycles. The maximum absolute atomic E-state index is 12.3. The van der Waals surface area contributed by atoms with Crippen LogP contribution in [0.15, 0.2) is 41.0 Å². The van der Waals surface area contributed by atoms with E-state index in [4.69, 9.17) is 11.6 Å². The Morgan fingerprint density at radius 3 is 2.63 bits per heavy atom. The summed E-state index contributed by atoms with van der Waals surface area (Å²) in [7, 11) is 1.74. The van der Waals surface area contributed by atoms with Gasteiger partial charge in [0, 0.05) is 23.4 Å². The van der Waals surface area contributed by atoms with Gasteiger partial charge in [-0.25, -0.2) is 4.98 Å². The van der Waals surface area contributed by atoms with Crippen LogP contribution in [0.25, 0.3) is 0 Å². The first-order valence-corrected chi connectivity index (χ1v) is 6.82. The van der Waals surface area contributed by atoms with Crippen LogP contribution < -0.4 is 4.90 Å². The number of rotatable bonds is 2. The number of pyridine rings is 1. The van der Waals surface area contributed by atoms with Crippen LogP contribution in [0.5, 0.6) is 0 Å². The largest absolute Gasteiger partial charge is 0.311 e. The van der Waals surface area contributed by atoms with Gasteiger partial charge in [0.25, 0.3) is 5.91 Å². The Balaban J connectivity index is 2.30. The van der Waals surface area contributed by atoms with Crippen molar-refractivity contribution in [3.8, 4) is 0 Å². The van der Waals surface area contributed by atoms with E-state index < -0.39 is 0 Å². The molecule has 0 saturated carbocycles. The first-order valence-electron chi connectivity index (χ1n) is 5.65. The number of hydrogen-bond acceptors (Lipinski definition) is 2. The lowest BCUT2D eigenvalue weighted by atomic mass is 10.1. The molecule has 0 aliphatic rings. The van der Waals surface area contributed by atoms with E-state index in [0.29, 0.717) is 10.7 Å². The van der Waals surface area contributed by atoms with Gasteiger partial charge < -0.3 is 4.90 Å². The molecular formula is C14H12BrClN2O. The van der Waals surface area contributed by atoms with Crippen LogP contribution in [-0.2, 0) is 0 Å². The number of carbonyl (C=O) groups excluding carboxylic acids is 1. The highest BCUT2D eigenvalue weighted by atomic mass is 79.9. The molecule has 5 heteroatoms. The predicted molar refractivity (Wildman–Crippen MR) is 80.9 cm³/mol. The Bertz CT molecular complexity index is 613. The molecule has 2 aromatic rings. The van der Waals surface area contributed by atoms with E-state index in [1.807, 2.05) is 25.1 Å². The van der Waals surface area contributed by atoms with Crippen LogP contribution in [0.1, 0.15) is 15.9 Å². The second kappa shape index (κ2) is 5.72. The molecule has 0 spiro atoms. The molecule has 19 heavy (non-hydrogen) atoms. The molecule has 0 radical (unpaired) electrons. The summed E-state index contributed by atoms with van der Waals surface area (Å²) in [6, 6.07) is 9.06. The van der Waals surface area contributed by atoms with Crippen molar-refractivity contribution in [1.29, 1.82) is 0 Å². The Morgan fingerprint density at radius 2 is 2.05 bits per heavy atom. The van der Waals surface area contributed by atoms with Gasteiger partial charge >= 0.3 is 0 Å². The molecule has 0 unspecified atom stereocenters. The highest BCUT2D eigenvalue weighted by molar-refractivity contribution is 9.10. The molecule has 0 saturated heterocycles. The third kappa shape index (κ3) is 3.14. The molecule has 3 nitrogen and oxygen atoms in total. The number of aromatic nitrogens is 1. The van der Waals surface area contributed by atoms with Crippen molar-refractivity contribution in [1.82, 2.24) is 4.98 Å². The van der Waals surface area contributed by atoms with Gasteiger partial charge in [-0.1, -0.05) is 27.5 Å². The number of halogens is 2. The van der Waals surface area contributed by atoms with Crippen molar-refractivity contribution < 1.29 is 4.79 Å². The second-order valence-corrected chi connectivity index (χ2v) is 5.47. The fraction of sp³-hybridized carbons (Fsp3) is 0.143. The van der Waals surface area contributed by atoms with Crippen LogP contribution in [0.2, 0.25) is 5.15 Å². The lowest BCUT2D eigenvalue weighted by molar-refractivity contribution is 0.0992. The molecule has 0 fully saturated rings. The molecule has 1 heterocycles. The Labute approximate surface area is 125 Å². The van der Waals surface area contributed by atoms with E-state index >= 15 is 0 Å². The summed E-state index contributed by atoms with van der Waals surface area (Å²) in [5, 5.41) is 0.374. The number of nitrogens with zero attached hydrogens (tertiary/aromatic N) is 2. The summed E-state index contributed by atoms with van der Waals surface area (Å²) in [6.45, 7) is 1.96. The minimum absolute atomic E-state index is 0.116. The van der Waals surface area contributed by atoms with Gasteiger partial charge in [-0.15, -0.1) is 0 Å². The van der Waals surface area contributed by atoms with Gasteiger partial charge in [0.15, 0.2) is 0 Å². The number of benzene rings is 1. The van der Waals surface area contributed by atoms with Gasteiger partial charge in [-0.3, -0.25) is 4.79 Å². The Morgan fingerprint density at radius 1 is 1.32 bits per heavy atom. The smallest absolute Gasteiger partial charge is 0.259 e. The van der Waals surface area contributed by atoms with Gasteiger partial charge in [-0.05, 0) is 42.8 Å². The van der Waals surface area contributed by atoms with E-state index in [1.54, 1.807) is 24.1 Å². The number of amides is 1. The van der Waals surface area contributed by atoms with Gasteiger partial charge in [-0.2, -0.15) is 0 Å². The molecule has 0 atom stereocenters. The van der Waals surface area contributed by atoms with Crippen LogP contribution in [0, 0.1) is 6.92 Å².